The SMILES string of the molecule is CC(O)(CS(=O)(=O)c1cccc(C(F)(F)F)c1)C(=O)Nc1ccc(C#N)c(C(F)(F)F)c1. The van der Waals surface area contributed by atoms with Gasteiger partial charge in [-0.25, -0.2) is 8.42 Å². The van der Waals surface area contributed by atoms with Gasteiger partial charge in [0, 0.05) is 5.69 Å². The van der Waals surface area contributed by atoms with Gasteiger partial charge in [-0.15, -0.1) is 0 Å². The lowest BCUT2D eigenvalue weighted by Crippen LogP contribution is -2.45. The molecule has 0 saturated carbocycles. The third kappa shape index (κ3) is 5.77. The molecule has 0 fully saturated rings. The Hall–Kier alpha value is -3.11. The molecule has 0 aliphatic rings. The fourth-order valence-electron chi connectivity index (χ4n) is 2.60. The summed E-state index contributed by atoms with van der Waals surface area (Å²) in [5.41, 5.74) is -6.57. The second-order valence-electron chi connectivity index (χ2n) is 6.88. The average molecular weight is 480 g/mol. The molecular weight excluding hydrogens is 466 g/mol. The van der Waals surface area contributed by atoms with E-state index in [1.54, 1.807) is 0 Å². The predicted octanol–water partition coefficient (Wildman–Crippen LogP) is 3.76. The lowest BCUT2D eigenvalue weighted by atomic mass is 10.1. The fraction of sp³-hybridized carbons (Fsp3) is 0.263. The van der Waals surface area contributed by atoms with Crippen LogP contribution in [0.4, 0.5) is 32.0 Å². The minimum absolute atomic E-state index is 0.333. The number of sulfone groups is 1. The second-order valence-corrected chi connectivity index (χ2v) is 8.87. The summed E-state index contributed by atoms with van der Waals surface area (Å²) in [5, 5.41) is 21.0. The van der Waals surface area contributed by atoms with Crippen LogP contribution in [-0.4, -0.2) is 30.8 Å². The molecule has 1 amide bonds. The maximum Gasteiger partial charge on any atom is 0.417 e. The first-order chi connectivity index (χ1) is 14.5. The number of halogens is 6. The van der Waals surface area contributed by atoms with Gasteiger partial charge in [-0.1, -0.05) is 6.07 Å². The molecule has 2 aromatic rings. The Bertz CT molecular complexity index is 1180. The first-order valence-corrected chi connectivity index (χ1v) is 10.2. The highest BCUT2D eigenvalue weighted by Crippen LogP contribution is 2.34. The Morgan fingerprint density at radius 2 is 1.69 bits per heavy atom. The Labute approximate surface area is 178 Å². The van der Waals surface area contributed by atoms with E-state index in [4.69, 9.17) is 5.26 Å². The van der Waals surface area contributed by atoms with E-state index in [0.717, 1.165) is 31.2 Å². The summed E-state index contributed by atoms with van der Waals surface area (Å²) in [6, 6.07) is 6.10. The largest absolute Gasteiger partial charge is 0.417 e. The normalized spacial score (nSPS) is 14.3. The van der Waals surface area contributed by atoms with Crippen molar-refractivity contribution < 1.29 is 44.7 Å². The molecule has 13 heteroatoms. The van der Waals surface area contributed by atoms with E-state index in [2.05, 4.69) is 0 Å². The number of alkyl halides is 6. The number of anilines is 1. The number of amides is 1. The molecule has 0 aliphatic carbocycles. The number of hydrogen-bond donors (Lipinski definition) is 2. The Morgan fingerprint density at radius 3 is 2.22 bits per heavy atom. The van der Waals surface area contributed by atoms with Crippen molar-refractivity contribution >= 4 is 21.4 Å². The summed E-state index contributed by atoms with van der Waals surface area (Å²) in [6.45, 7) is 0.738. The number of aliphatic hydroxyl groups is 1. The molecular formula is C19H14F6N2O4S. The Morgan fingerprint density at radius 1 is 1.06 bits per heavy atom. The van der Waals surface area contributed by atoms with Crippen molar-refractivity contribution in [2.24, 2.45) is 0 Å². The molecule has 0 heterocycles. The maximum atomic E-state index is 13.0. The molecule has 0 bridgehead atoms. The molecule has 2 N–H and O–H groups in total. The molecule has 0 aromatic heterocycles. The van der Waals surface area contributed by atoms with Crippen LogP contribution in [0.2, 0.25) is 0 Å². The summed E-state index contributed by atoms with van der Waals surface area (Å²) >= 11 is 0. The zero-order chi connectivity index (χ0) is 24.5. The monoisotopic (exact) mass is 480 g/mol. The number of nitrogens with one attached hydrogen (secondary N) is 1. The van der Waals surface area contributed by atoms with Crippen LogP contribution >= 0.6 is 0 Å². The molecule has 172 valence electrons. The van der Waals surface area contributed by atoms with E-state index in [9.17, 15) is 44.7 Å². The van der Waals surface area contributed by atoms with Crippen molar-refractivity contribution in [3.8, 4) is 6.07 Å². The average Bonchev–Trinajstić information content (AvgIpc) is 2.66. The number of rotatable bonds is 5. The summed E-state index contributed by atoms with van der Waals surface area (Å²) in [4.78, 5) is 11.5. The second kappa shape index (κ2) is 8.44. The number of carbonyl (C=O) groups excluding carboxylic acids is 1. The minimum Gasteiger partial charge on any atom is -0.379 e. The Kier molecular flexibility index (Phi) is 6.63. The highest BCUT2D eigenvalue weighted by atomic mass is 32.2. The van der Waals surface area contributed by atoms with E-state index in [1.807, 2.05) is 5.32 Å². The number of nitrogens with zero attached hydrogens (tertiary/aromatic N) is 1. The van der Waals surface area contributed by atoms with Gasteiger partial charge in [-0.3, -0.25) is 4.79 Å². The van der Waals surface area contributed by atoms with E-state index >= 15 is 0 Å². The van der Waals surface area contributed by atoms with Gasteiger partial charge in [0.15, 0.2) is 15.4 Å². The van der Waals surface area contributed by atoms with Crippen molar-refractivity contribution in [1.29, 1.82) is 5.26 Å². The van der Waals surface area contributed by atoms with Crippen molar-refractivity contribution in [1.82, 2.24) is 0 Å². The predicted molar refractivity (Wildman–Crippen MR) is 98.9 cm³/mol. The first kappa shape index (κ1) is 25.2. The summed E-state index contributed by atoms with van der Waals surface area (Å²) in [7, 11) is -4.61. The van der Waals surface area contributed by atoms with Crippen LogP contribution in [0.3, 0.4) is 0 Å². The highest BCUT2D eigenvalue weighted by molar-refractivity contribution is 7.91. The van der Waals surface area contributed by atoms with Crippen LogP contribution in [0, 0.1) is 11.3 Å². The molecule has 0 saturated heterocycles. The number of carbonyl (C=O) groups is 1. The van der Waals surface area contributed by atoms with E-state index in [1.165, 1.54) is 6.07 Å². The van der Waals surface area contributed by atoms with Gasteiger partial charge in [-0.2, -0.15) is 31.6 Å². The van der Waals surface area contributed by atoms with Crippen molar-refractivity contribution in [2.75, 3.05) is 11.1 Å². The van der Waals surface area contributed by atoms with Gasteiger partial charge >= 0.3 is 12.4 Å². The van der Waals surface area contributed by atoms with E-state index in [-0.39, 0.29) is 0 Å². The van der Waals surface area contributed by atoms with Gasteiger partial charge in [0.1, 0.15) is 0 Å². The lowest BCUT2D eigenvalue weighted by Gasteiger charge is -2.23. The van der Waals surface area contributed by atoms with Crippen LogP contribution in [-0.2, 0) is 27.0 Å². The number of nitriles is 1. The zero-order valence-corrected chi connectivity index (χ0v) is 16.9. The molecule has 1 unspecified atom stereocenters. The maximum absolute atomic E-state index is 13.0. The molecule has 0 spiro atoms. The van der Waals surface area contributed by atoms with Gasteiger partial charge < -0.3 is 10.4 Å². The van der Waals surface area contributed by atoms with Crippen LogP contribution in [0.5, 0.6) is 0 Å². The quantitative estimate of drug-likeness (QED) is 0.634. The van der Waals surface area contributed by atoms with E-state index in [0.29, 0.717) is 18.2 Å². The van der Waals surface area contributed by atoms with Crippen LogP contribution in [0.15, 0.2) is 47.4 Å². The number of benzene rings is 2. The molecule has 0 aliphatic heterocycles. The van der Waals surface area contributed by atoms with Gasteiger partial charge in [0.05, 0.1) is 33.4 Å². The van der Waals surface area contributed by atoms with Crippen LogP contribution in [0.1, 0.15) is 23.6 Å². The van der Waals surface area contributed by atoms with Gasteiger partial charge in [0.25, 0.3) is 5.91 Å². The highest BCUT2D eigenvalue weighted by Gasteiger charge is 2.39. The zero-order valence-electron chi connectivity index (χ0n) is 16.0. The van der Waals surface area contributed by atoms with Crippen molar-refractivity contribution in [2.45, 2.75) is 29.8 Å². The summed E-state index contributed by atoms with van der Waals surface area (Å²) < 4.78 is 103. The fourth-order valence-corrected chi connectivity index (χ4v) is 4.23. The summed E-state index contributed by atoms with van der Waals surface area (Å²) in [5.74, 6) is -2.78. The van der Waals surface area contributed by atoms with Crippen LogP contribution in [0.25, 0.3) is 0 Å². The van der Waals surface area contributed by atoms with Gasteiger partial charge in [-0.05, 0) is 43.3 Å². The third-order valence-corrected chi connectivity index (χ3v) is 6.10. The molecule has 1 atom stereocenters. The molecule has 0 radical (unpaired) electrons. The molecule has 2 aromatic carbocycles. The molecule has 32 heavy (non-hydrogen) atoms. The van der Waals surface area contributed by atoms with Crippen molar-refractivity contribution in [3.05, 3.63) is 59.2 Å². The minimum atomic E-state index is -4.93. The lowest BCUT2D eigenvalue weighted by molar-refractivity contribution is -0.138. The topological polar surface area (TPSA) is 107 Å². The molecule has 6 nitrogen and oxygen atoms in total. The third-order valence-electron chi connectivity index (χ3n) is 4.18. The van der Waals surface area contributed by atoms with Gasteiger partial charge in [0.2, 0.25) is 0 Å². The Balaban J connectivity index is 2.29. The van der Waals surface area contributed by atoms with Crippen LogP contribution < -0.4 is 5.32 Å². The van der Waals surface area contributed by atoms with E-state index < -0.39 is 66.7 Å². The van der Waals surface area contributed by atoms with Crippen molar-refractivity contribution in [3.63, 3.8) is 0 Å². The smallest absolute Gasteiger partial charge is 0.379 e. The molecule has 2 rings (SSSR count). The first-order valence-electron chi connectivity index (χ1n) is 8.52. The standard InChI is InChI=1S/C19H14F6N2O4S/c1-17(29,10-32(30,31)14-4-2-3-12(7-14)18(20,21)22)16(28)27-13-6-5-11(9-26)15(8-13)19(23,24)25/h2-8,29H,10H2,1H3,(H,27,28). The number of hydrogen-bond acceptors (Lipinski definition) is 5. The summed E-state index contributed by atoms with van der Waals surface area (Å²) in [6.07, 6.45) is -9.77.